The monoisotopic (exact) mass is 385 g/mol. The smallest absolute Gasteiger partial charge is 0.223 e. The predicted molar refractivity (Wildman–Crippen MR) is 110 cm³/mol. The summed E-state index contributed by atoms with van der Waals surface area (Å²) in [5.41, 5.74) is 10.4. The number of fused-ring (bicyclic) bond motifs is 2. The van der Waals surface area contributed by atoms with E-state index in [1.165, 1.54) is 0 Å². The first-order valence-corrected chi connectivity index (χ1v) is 9.45. The fraction of sp³-hybridized carbons (Fsp3) is 0.238. The number of hydrogen-bond donors (Lipinski definition) is 3. The molecule has 0 amide bonds. The molecule has 8 heteroatoms. The van der Waals surface area contributed by atoms with Crippen molar-refractivity contribution in [2.75, 3.05) is 18.5 Å². The maximum Gasteiger partial charge on any atom is 0.223 e. The number of pyridine rings is 1. The SMILES string of the molecule is N#Cc1ccc2c(-c3cncc4cnc(NC5CCOCC5N)nc34)c[nH]c2c1. The molecule has 0 saturated carbocycles. The summed E-state index contributed by atoms with van der Waals surface area (Å²) < 4.78 is 5.41. The zero-order valence-electron chi connectivity index (χ0n) is 15.6. The number of aromatic amines is 1. The minimum atomic E-state index is -0.0945. The van der Waals surface area contributed by atoms with E-state index in [1.807, 2.05) is 24.4 Å². The van der Waals surface area contributed by atoms with Crippen LogP contribution >= 0.6 is 0 Å². The van der Waals surface area contributed by atoms with Crippen LogP contribution in [0.3, 0.4) is 0 Å². The molecular weight excluding hydrogens is 366 g/mol. The van der Waals surface area contributed by atoms with Gasteiger partial charge in [-0.05, 0) is 18.6 Å². The van der Waals surface area contributed by atoms with E-state index >= 15 is 0 Å². The van der Waals surface area contributed by atoms with Crippen LogP contribution in [0.15, 0.2) is 43.0 Å². The van der Waals surface area contributed by atoms with E-state index in [1.54, 1.807) is 18.6 Å². The molecule has 4 N–H and O–H groups in total. The summed E-state index contributed by atoms with van der Waals surface area (Å²) in [6, 6.07) is 7.74. The lowest BCUT2D eigenvalue weighted by atomic mass is 10.0. The Bertz CT molecular complexity index is 1240. The molecule has 8 nitrogen and oxygen atoms in total. The maximum atomic E-state index is 9.13. The highest BCUT2D eigenvalue weighted by molar-refractivity contribution is 6.03. The molecule has 4 heterocycles. The van der Waals surface area contributed by atoms with Gasteiger partial charge in [-0.1, -0.05) is 6.07 Å². The van der Waals surface area contributed by atoms with Crippen LogP contribution in [0.1, 0.15) is 12.0 Å². The first-order valence-electron chi connectivity index (χ1n) is 9.45. The van der Waals surface area contributed by atoms with Gasteiger partial charge in [0.05, 0.1) is 23.8 Å². The number of nitrogens with two attached hydrogens (primary N) is 1. The van der Waals surface area contributed by atoms with Crippen molar-refractivity contribution in [2.45, 2.75) is 18.5 Å². The van der Waals surface area contributed by atoms with Gasteiger partial charge in [0.2, 0.25) is 5.95 Å². The summed E-state index contributed by atoms with van der Waals surface area (Å²) in [5.74, 6) is 0.541. The Hall–Kier alpha value is -3.54. The van der Waals surface area contributed by atoms with Crippen molar-refractivity contribution < 1.29 is 4.74 Å². The van der Waals surface area contributed by atoms with Crippen LogP contribution in [0.2, 0.25) is 0 Å². The average molecular weight is 385 g/mol. The minimum absolute atomic E-state index is 0.0731. The number of benzene rings is 1. The highest BCUT2D eigenvalue weighted by Crippen LogP contribution is 2.33. The van der Waals surface area contributed by atoms with Gasteiger partial charge in [-0.15, -0.1) is 0 Å². The molecule has 5 rings (SSSR count). The largest absolute Gasteiger partial charge is 0.380 e. The summed E-state index contributed by atoms with van der Waals surface area (Å²) in [4.78, 5) is 16.8. The van der Waals surface area contributed by atoms with Crippen molar-refractivity contribution in [3.8, 4) is 17.2 Å². The second-order valence-electron chi connectivity index (χ2n) is 7.17. The Kier molecular flexibility index (Phi) is 4.31. The summed E-state index contributed by atoms with van der Waals surface area (Å²) in [6.07, 6.45) is 8.07. The van der Waals surface area contributed by atoms with Crippen LogP contribution in [0.25, 0.3) is 32.9 Å². The number of hydrogen-bond acceptors (Lipinski definition) is 7. The molecule has 29 heavy (non-hydrogen) atoms. The van der Waals surface area contributed by atoms with Crippen LogP contribution in [0.4, 0.5) is 5.95 Å². The Morgan fingerprint density at radius 3 is 3.03 bits per heavy atom. The number of nitrogens with zero attached hydrogens (tertiary/aromatic N) is 4. The van der Waals surface area contributed by atoms with Gasteiger partial charge in [0, 0.05) is 70.9 Å². The number of ether oxygens (including phenoxy) is 1. The van der Waals surface area contributed by atoms with E-state index in [-0.39, 0.29) is 12.1 Å². The summed E-state index contributed by atoms with van der Waals surface area (Å²) in [7, 11) is 0. The van der Waals surface area contributed by atoms with E-state index in [2.05, 4.69) is 26.3 Å². The quantitative estimate of drug-likeness (QED) is 0.495. The highest BCUT2D eigenvalue weighted by atomic mass is 16.5. The van der Waals surface area contributed by atoms with E-state index in [0.29, 0.717) is 24.7 Å². The molecule has 0 bridgehead atoms. The van der Waals surface area contributed by atoms with E-state index in [9.17, 15) is 0 Å². The molecule has 0 spiro atoms. The Morgan fingerprint density at radius 2 is 2.17 bits per heavy atom. The van der Waals surface area contributed by atoms with Gasteiger partial charge in [0.1, 0.15) is 0 Å². The standard InChI is InChI=1S/C21H19N7O/c22-6-12-1-2-14-15(10-25-19(14)5-12)16-9-24-7-13-8-26-21(28-20(13)16)27-18-3-4-29-11-17(18)23/h1-2,5,7-10,17-18,25H,3-4,11,23H2,(H,26,27,28). The molecule has 0 radical (unpaired) electrons. The van der Waals surface area contributed by atoms with E-state index in [0.717, 1.165) is 39.4 Å². The molecule has 1 fully saturated rings. The zero-order valence-corrected chi connectivity index (χ0v) is 15.6. The van der Waals surface area contributed by atoms with Crippen LogP contribution in [-0.4, -0.2) is 45.2 Å². The lowest BCUT2D eigenvalue weighted by Crippen LogP contribution is -2.47. The predicted octanol–water partition coefficient (Wildman–Crippen LogP) is 2.57. The van der Waals surface area contributed by atoms with Gasteiger partial charge in [-0.2, -0.15) is 5.26 Å². The molecule has 3 aromatic heterocycles. The molecule has 0 aliphatic carbocycles. The first kappa shape index (κ1) is 17.6. The molecule has 1 aliphatic rings. The third-order valence-corrected chi connectivity index (χ3v) is 5.31. The lowest BCUT2D eigenvalue weighted by Gasteiger charge is -2.29. The van der Waals surface area contributed by atoms with Crippen LogP contribution < -0.4 is 11.1 Å². The molecule has 4 aromatic rings. The number of rotatable bonds is 3. The Morgan fingerprint density at radius 1 is 1.24 bits per heavy atom. The Labute approximate surface area is 166 Å². The molecule has 144 valence electrons. The highest BCUT2D eigenvalue weighted by Gasteiger charge is 2.23. The van der Waals surface area contributed by atoms with Gasteiger partial charge in [0.25, 0.3) is 0 Å². The van der Waals surface area contributed by atoms with Gasteiger partial charge < -0.3 is 20.8 Å². The zero-order chi connectivity index (χ0) is 19.8. The number of nitrogens with one attached hydrogen (secondary N) is 2. The Balaban J connectivity index is 1.58. The number of aromatic nitrogens is 4. The van der Waals surface area contributed by atoms with E-state index in [4.69, 9.17) is 20.7 Å². The summed E-state index contributed by atoms with van der Waals surface area (Å²) in [5, 5.41) is 14.4. The van der Waals surface area contributed by atoms with Gasteiger partial charge >= 0.3 is 0 Å². The number of H-pyrrole nitrogens is 1. The van der Waals surface area contributed by atoms with E-state index < -0.39 is 0 Å². The van der Waals surface area contributed by atoms with Gasteiger partial charge in [-0.3, -0.25) is 4.98 Å². The summed E-state index contributed by atoms with van der Waals surface area (Å²) in [6.45, 7) is 1.20. The van der Waals surface area contributed by atoms with Gasteiger partial charge in [-0.25, -0.2) is 9.97 Å². The molecule has 1 aliphatic heterocycles. The third-order valence-electron chi connectivity index (χ3n) is 5.31. The van der Waals surface area contributed by atoms with Crippen molar-refractivity contribution in [1.29, 1.82) is 5.26 Å². The molecule has 2 unspecified atom stereocenters. The maximum absolute atomic E-state index is 9.13. The fourth-order valence-electron chi connectivity index (χ4n) is 3.74. The summed E-state index contributed by atoms with van der Waals surface area (Å²) >= 11 is 0. The molecule has 2 atom stereocenters. The normalized spacial score (nSPS) is 19.3. The fourth-order valence-corrected chi connectivity index (χ4v) is 3.74. The molecule has 1 aromatic carbocycles. The van der Waals surface area contributed by atoms with Crippen molar-refractivity contribution in [3.63, 3.8) is 0 Å². The third kappa shape index (κ3) is 3.16. The van der Waals surface area contributed by atoms with Crippen LogP contribution in [0, 0.1) is 11.3 Å². The average Bonchev–Trinajstić information content (AvgIpc) is 3.18. The van der Waals surface area contributed by atoms with Crippen LogP contribution in [-0.2, 0) is 4.74 Å². The van der Waals surface area contributed by atoms with Crippen molar-refractivity contribution in [2.24, 2.45) is 5.73 Å². The second-order valence-corrected chi connectivity index (χ2v) is 7.17. The first-order chi connectivity index (χ1) is 14.2. The van der Waals surface area contributed by atoms with Crippen molar-refractivity contribution in [3.05, 3.63) is 48.5 Å². The van der Waals surface area contributed by atoms with Crippen LogP contribution in [0.5, 0.6) is 0 Å². The molecule has 1 saturated heterocycles. The van der Waals surface area contributed by atoms with Gasteiger partial charge in [0.15, 0.2) is 0 Å². The van der Waals surface area contributed by atoms with Crippen molar-refractivity contribution >= 4 is 27.8 Å². The minimum Gasteiger partial charge on any atom is -0.380 e. The second kappa shape index (κ2) is 7.13. The molecular formula is C21H19N7O. The lowest BCUT2D eigenvalue weighted by molar-refractivity contribution is 0.0751. The number of anilines is 1. The number of nitriles is 1. The topological polar surface area (TPSA) is 126 Å². The van der Waals surface area contributed by atoms with Crippen molar-refractivity contribution in [1.82, 2.24) is 19.9 Å².